The van der Waals surface area contributed by atoms with Crippen LogP contribution < -0.4 is 19.9 Å². The lowest BCUT2D eigenvalue weighted by atomic mass is 10.0. The Bertz CT molecular complexity index is 1640. The van der Waals surface area contributed by atoms with E-state index >= 15 is 4.39 Å². The Kier molecular flexibility index (Phi) is 10.7. The Hall–Kier alpha value is -3.91. The number of benzene rings is 2. The van der Waals surface area contributed by atoms with Gasteiger partial charge < -0.3 is 24.0 Å². The van der Waals surface area contributed by atoms with E-state index in [0.29, 0.717) is 54.9 Å². The van der Waals surface area contributed by atoms with Gasteiger partial charge in [0.25, 0.3) is 15.7 Å². The molecule has 0 spiro atoms. The number of methoxy groups -OCH3 is 2. The maximum atomic E-state index is 15.6. The first-order valence-corrected chi connectivity index (χ1v) is 16.2. The van der Waals surface area contributed by atoms with Gasteiger partial charge in [-0.15, -0.1) is 0 Å². The van der Waals surface area contributed by atoms with Crippen LogP contribution in [0.15, 0.2) is 41.5 Å². The number of carbonyl (C=O) groups is 1. The van der Waals surface area contributed by atoms with E-state index in [2.05, 4.69) is 4.98 Å². The molecule has 1 amide bonds. The van der Waals surface area contributed by atoms with Crippen LogP contribution in [0.3, 0.4) is 0 Å². The van der Waals surface area contributed by atoms with Crippen molar-refractivity contribution in [2.75, 3.05) is 58.2 Å². The average Bonchev–Trinajstić information content (AvgIpc) is 3.00. The molecule has 12 nitrogen and oxygen atoms in total. The maximum absolute atomic E-state index is 15.6. The fourth-order valence-corrected chi connectivity index (χ4v) is 5.47. The average molecular weight is 635 g/mol. The van der Waals surface area contributed by atoms with Gasteiger partial charge in [0.05, 0.1) is 56.6 Å². The molecule has 0 atom stereocenters. The summed E-state index contributed by atoms with van der Waals surface area (Å²) in [6, 6.07) is 7.79. The van der Waals surface area contributed by atoms with Crippen molar-refractivity contribution in [3.05, 3.63) is 52.8 Å². The summed E-state index contributed by atoms with van der Waals surface area (Å²) in [5.41, 5.74) is 0.793. The summed E-state index contributed by atoms with van der Waals surface area (Å²) >= 11 is 0. The smallest absolute Gasteiger partial charge is 0.409 e. The number of rotatable bonds is 12. The highest BCUT2D eigenvalue weighted by atomic mass is 32.2. The van der Waals surface area contributed by atoms with Crippen LogP contribution >= 0.6 is 0 Å². The van der Waals surface area contributed by atoms with Crippen LogP contribution in [0.5, 0.6) is 11.5 Å². The lowest BCUT2D eigenvalue weighted by Crippen LogP contribution is -2.41. The van der Waals surface area contributed by atoms with Crippen molar-refractivity contribution in [1.29, 1.82) is 0 Å². The third kappa shape index (κ3) is 7.97. The van der Waals surface area contributed by atoms with E-state index in [9.17, 15) is 18.0 Å². The quantitative estimate of drug-likeness (QED) is 0.208. The Morgan fingerprint density at radius 3 is 2.50 bits per heavy atom. The van der Waals surface area contributed by atoms with Crippen molar-refractivity contribution in [1.82, 2.24) is 14.5 Å². The molecule has 0 unspecified atom stereocenters. The topological polar surface area (TPSA) is 130 Å². The van der Waals surface area contributed by atoms with Gasteiger partial charge in [-0.3, -0.25) is 13.5 Å². The van der Waals surface area contributed by atoms with Gasteiger partial charge in [0, 0.05) is 43.5 Å². The molecular formula is C30H39FN4O8S. The van der Waals surface area contributed by atoms with Crippen LogP contribution in [-0.4, -0.2) is 82.3 Å². The molecule has 1 saturated heterocycles. The summed E-state index contributed by atoms with van der Waals surface area (Å²) in [6.45, 7) is 5.22. The molecule has 0 aliphatic carbocycles. The number of aromatic nitrogens is 2. The molecule has 2 aromatic carbocycles. The summed E-state index contributed by atoms with van der Waals surface area (Å²) in [6.07, 6.45) is 3.47. The summed E-state index contributed by atoms with van der Waals surface area (Å²) in [4.78, 5) is 33.9. The highest BCUT2D eigenvalue weighted by molar-refractivity contribution is 7.85. The van der Waals surface area contributed by atoms with Crippen LogP contribution in [0.1, 0.15) is 39.2 Å². The summed E-state index contributed by atoms with van der Waals surface area (Å²) in [7, 11) is -0.868. The number of carbonyl (C=O) groups excluding carboxylic acids is 1. The predicted octanol–water partition coefficient (Wildman–Crippen LogP) is 4.49. The van der Waals surface area contributed by atoms with Crippen molar-refractivity contribution < 1.29 is 36.0 Å². The van der Waals surface area contributed by atoms with E-state index < -0.39 is 15.9 Å². The van der Waals surface area contributed by atoms with E-state index in [1.165, 1.54) is 32.7 Å². The minimum absolute atomic E-state index is 0.0408. The van der Waals surface area contributed by atoms with Gasteiger partial charge in [-0.1, -0.05) is 13.8 Å². The highest BCUT2D eigenvalue weighted by Gasteiger charge is 2.26. The van der Waals surface area contributed by atoms with Crippen LogP contribution in [0.2, 0.25) is 0 Å². The molecule has 4 rings (SSSR count). The lowest BCUT2D eigenvalue weighted by Gasteiger charge is -2.32. The van der Waals surface area contributed by atoms with Crippen LogP contribution in [0.25, 0.3) is 10.9 Å². The van der Waals surface area contributed by atoms with Crippen molar-refractivity contribution in [3.8, 4) is 11.5 Å². The van der Waals surface area contributed by atoms with Gasteiger partial charge >= 0.3 is 6.09 Å². The van der Waals surface area contributed by atoms with E-state index in [1.807, 2.05) is 13.8 Å². The number of ether oxygens (including phenoxy) is 3. The van der Waals surface area contributed by atoms with Gasteiger partial charge in [-0.05, 0) is 43.4 Å². The second-order valence-electron chi connectivity index (χ2n) is 11.0. The summed E-state index contributed by atoms with van der Waals surface area (Å²) < 4.78 is 61.0. The Morgan fingerprint density at radius 1 is 1.14 bits per heavy atom. The molecule has 3 aromatic rings. The van der Waals surface area contributed by atoms with Gasteiger partial charge in [-0.25, -0.2) is 14.2 Å². The van der Waals surface area contributed by atoms with E-state index in [4.69, 9.17) is 18.4 Å². The summed E-state index contributed by atoms with van der Waals surface area (Å²) in [5, 5.41) is 0.330. The molecule has 1 aliphatic rings. The molecule has 14 heteroatoms. The zero-order valence-electron chi connectivity index (χ0n) is 25.6. The number of likely N-dealkylation sites (tertiary alicyclic amines) is 1. The van der Waals surface area contributed by atoms with Crippen molar-refractivity contribution in [3.63, 3.8) is 0 Å². The number of nitrogens with zero attached hydrogens (tertiary/aromatic N) is 4. The minimum atomic E-state index is -3.66. The largest absolute Gasteiger partial charge is 0.497 e. The van der Waals surface area contributed by atoms with Crippen LogP contribution in [0.4, 0.5) is 20.6 Å². The minimum Gasteiger partial charge on any atom is -0.497 e. The first-order valence-electron chi connectivity index (χ1n) is 14.4. The van der Waals surface area contributed by atoms with Crippen molar-refractivity contribution in [2.45, 2.75) is 39.2 Å². The number of halogens is 1. The number of hydrogen-bond acceptors (Lipinski definition) is 10. The van der Waals surface area contributed by atoms with E-state index in [-0.39, 0.29) is 54.6 Å². The highest BCUT2D eigenvalue weighted by Crippen LogP contribution is 2.37. The number of amides is 1. The fraction of sp³-hybridized carbons (Fsp3) is 0.500. The first-order chi connectivity index (χ1) is 20.9. The van der Waals surface area contributed by atoms with Gasteiger partial charge in [0.1, 0.15) is 5.75 Å². The second-order valence-corrected chi connectivity index (χ2v) is 12.7. The molecule has 0 N–H and O–H groups in total. The van der Waals surface area contributed by atoms with E-state index in [0.717, 1.165) is 6.26 Å². The molecule has 0 radical (unpaired) electrons. The fourth-order valence-electron chi connectivity index (χ4n) is 5.05. The van der Waals surface area contributed by atoms with Gasteiger partial charge in [0.15, 0.2) is 11.6 Å². The number of hydrogen-bond donors (Lipinski definition) is 0. The molecule has 44 heavy (non-hydrogen) atoms. The lowest BCUT2D eigenvalue weighted by molar-refractivity contribution is 0.0795. The Balaban J connectivity index is 1.65. The van der Waals surface area contributed by atoms with Gasteiger partial charge in [-0.2, -0.15) is 8.42 Å². The maximum Gasteiger partial charge on any atom is 0.409 e. The predicted molar refractivity (Wildman–Crippen MR) is 164 cm³/mol. The third-order valence-corrected chi connectivity index (χ3v) is 7.89. The molecule has 1 aromatic heterocycles. The molecule has 1 fully saturated rings. The first kappa shape index (κ1) is 33.0. The van der Waals surface area contributed by atoms with Crippen molar-refractivity contribution >= 4 is 38.5 Å². The number of piperidine rings is 1. The molecule has 1 aliphatic heterocycles. The standard InChI is InChI=1S/C30H39FN4O8S/c1-20(2)18-42-30(37)33-12-9-21(10-13-33)35-19-32-25-8-7-22(15-24(25)29(35)36)34(11-6-14-43-44(5,38)39)26-16-23(40-3)17-27(41-4)28(26)31/h7-8,15-17,19-21H,6,9-14,18H2,1-5H3. The van der Waals surface area contributed by atoms with Crippen LogP contribution in [0, 0.1) is 11.7 Å². The normalized spacial score (nSPS) is 14.2. The van der Waals surface area contributed by atoms with Crippen LogP contribution in [-0.2, 0) is 19.0 Å². The Labute approximate surface area is 256 Å². The zero-order chi connectivity index (χ0) is 32.0. The summed E-state index contributed by atoms with van der Waals surface area (Å²) in [5.74, 6) is -0.108. The molecular weight excluding hydrogens is 595 g/mol. The molecule has 0 saturated carbocycles. The SMILES string of the molecule is COc1cc(OC)c(F)c(N(CCCOS(C)(=O)=O)c2ccc3ncn(C4CCN(C(=O)OCC(C)C)CC4)c(=O)c3c2)c1. The van der Waals surface area contributed by atoms with E-state index in [1.54, 1.807) is 32.6 Å². The number of fused-ring (bicyclic) bond motifs is 1. The second kappa shape index (κ2) is 14.2. The number of anilines is 2. The third-order valence-electron chi connectivity index (χ3n) is 7.30. The molecule has 2 heterocycles. The molecule has 0 bridgehead atoms. The molecule has 240 valence electrons. The van der Waals surface area contributed by atoms with Gasteiger partial charge in [0.2, 0.25) is 0 Å². The zero-order valence-corrected chi connectivity index (χ0v) is 26.4. The van der Waals surface area contributed by atoms with Crippen molar-refractivity contribution in [2.24, 2.45) is 5.92 Å². The monoisotopic (exact) mass is 634 g/mol. The Morgan fingerprint density at radius 2 is 1.86 bits per heavy atom.